The number of carbonyl (C=O) groups excluding carboxylic acids is 2. The fraction of sp³-hybridized carbons (Fsp3) is 0.409. The third kappa shape index (κ3) is 3.86. The predicted molar refractivity (Wildman–Crippen MR) is 119 cm³/mol. The minimum Gasteiger partial charge on any atom is -0.450 e. The number of hydrogen-bond donors (Lipinski definition) is 1. The Morgan fingerprint density at radius 3 is 2.77 bits per heavy atom. The molecule has 2 aliphatic heterocycles. The van der Waals surface area contributed by atoms with Crippen LogP contribution in [-0.4, -0.2) is 52.5 Å². The van der Waals surface area contributed by atoms with Gasteiger partial charge in [0.15, 0.2) is 0 Å². The van der Waals surface area contributed by atoms with Crippen molar-refractivity contribution < 1.29 is 14.3 Å². The van der Waals surface area contributed by atoms with E-state index in [9.17, 15) is 9.59 Å². The van der Waals surface area contributed by atoms with Crippen molar-refractivity contribution >= 4 is 35.2 Å². The Morgan fingerprint density at radius 1 is 1.32 bits per heavy atom. The van der Waals surface area contributed by atoms with E-state index in [4.69, 9.17) is 38.7 Å². The number of aryl methyl sites for hydroxylation is 1. The SMILES string of the molecule is CCOC(=O)N1CC[C@H](N2Cc3nc(C)c(CN)c(-c4ccc(Cl)cc4Cl)c3C2=O)C1. The lowest BCUT2D eigenvalue weighted by Crippen LogP contribution is -2.39. The highest BCUT2D eigenvalue weighted by atomic mass is 35.5. The normalized spacial score (nSPS) is 18.0. The van der Waals surface area contributed by atoms with E-state index in [1.54, 1.807) is 28.9 Å². The summed E-state index contributed by atoms with van der Waals surface area (Å²) < 4.78 is 5.10. The van der Waals surface area contributed by atoms with Crippen molar-refractivity contribution in [2.45, 2.75) is 39.4 Å². The molecular formula is C22H24Cl2N4O3. The quantitative estimate of drug-likeness (QED) is 0.741. The molecule has 0 spiro atoms. The molecule has 31 heavy (non-hydrogen) atoms. The van der Waals surface area contributed by atoms with Gasteiger partial charge in [0.05, 0.1) is 30.5 Å². The van der Waals surface area contributed by atoms with Crippen LogP contribution in [0.25, 0.3) is 11.1 Å². The number of halogens is 2. The lowest BCUT2D eigenvalue weighted by atomic mass is 9.93. The second-order valence-corrected chi connectivity index (χ2v) is 8.56. The van der Waals surface area contributed by atoms with Gasteiger partial charge in [0.2, 0.25) is 0 Å². The number of likely N-dealkylation sites (tertiary alicyclic amines) is 1. The van der Waals surface area contributed by atoms with Crippen molar-refractivity contribution in [1.82, 2.24) is 14.8 Å². The number of pyridine rings is 1. The number of hydrogen-bond acceptors (Lipinski definition) is 5. The van der Waals surface area contributed by atoms with Crippen LogP contribution in [0.15, 0.2) is 18.2 Å². The van der Waals surface area contributed by atoms with Crippen LogP contribution in [0.3, 0.4) is 0 Å². The van der Waals surface area contributed by atoms with E-state index in [0.29, 0.717) is 59.5 Å². The van der Waals surface area contributed by atoms with E-state index in [1.165, 1.54) is 0 Å². The molecule has 7 nitrogen and oxygen atoms in total. The topological polar surface area (TPSA) is 88.8 Å². The van der Waals surface area contributed by atoms with Gasteiger partial charge >= 0.3 is 6.09 Å². The Bertz CT molecular complexity index is 1060. The summed E-state index contributed by atoms with van der Waals surface area (Å²) in [4.78, 5) is 33.8. The molecule has 9 heteroatoms. The number of nitrogens with two attached hydrogens (primary N) is 1. The average molecular weight is 463 g/mol. The van der Waals surface area contributed by atoms with Gasteiger partial charge in [-0.25, -0.2) is 4.79 Å². The lowest BCUT2D eigenvalue weighted by Gasteiger charge is -2.24. The smallest absolute Gasteiger partial charge is 0.409 e. The molecule has 0 radical (unpaired) electrons. The highest BCUT2D eigenvalue weighted by Gasteiger charge is 2.41. The zero-order valence-corrected chi connectivity index (χ0v) is 19.0. The maximum atomic E-state index is 13.6. The van der Waals surface area contributed by atoms with Crippen LogP contribution in [0.2, 0.25) is 10.0 Å². The molecule has 0 aliphatic carbocycles. The molecule has 4 rings (SSSR count). The van der Waals surface area contributed by atoms with Crippen LogP contribution in [0.4, 0.5) is 4.79 Å². The first-order valence-corrected chi connectivity index (χ1v) is 11.0. The third-order valence-electron chi connectivity index (χ3n) is 5.91. The molecule has 0 bridgehead atoms. The molecule has 1 aromatic heterocycles. The summed E-state index contributed by atoms with van der Waals surface area (Å²) >= 11 is 12.6. The van der Waals surface area contributed by atoms with Gasteiger partial charge in [-0.1, -0.05) is 29.3 Å². The minimum absolute atomic E-state index is 0.0960. The summed E-state index contributed by atoms with van der Waals surface area (Å²) in [6, 6.07) is 5.12. The molecule has 2 amide bonds. The molecule has 0 unspecified atom stereocenters. The molecule has 1 atom stereocenters. The summed E-state index contributed by atoms with van der Waals surface area (Å²) in [6.07, 6.45) is 0.348. The van der Waals surface area contributed by atoms with Crippen LogP contribution >= 0.6 is 23.2 Å². The highest BCUT2D eigenvalue weighted by Crippen LogP contribution is 2.40. The van der Waals surface area contributed by atoms with E-state index in [-0.39, 0.29) is 24.6 Å². The third-order valence-corrected chi connectivity index (χ3v) is 6.46. The Kier molecular flexibility index (Phi) is 6.10. The first-order valence-electron chi connectivity index (χ1n) is 10.3. The first-order chi connectivity index (χ1) is 14.8. The number of amides is 2. The van der Waals surface area contributed by atoms with Crippen molar-refractivity contribution in [3.05, 3.63) is 50.8 Å². The summed E-state index contributed by atoms with van der Waals surface area (Å²) in [5.74, 6) is -0.117. The first kappa shape index (κ1) is 21.9. The number of ether oxygens (including phenoxy) is 1. The number of nitrogens with zero attached hydrogens (tertiary/aromatic N) is 3. The lowest BCUT2D eigenvalue weighted by molar-refractivity contribution is 0.0696. The molecule has 1 fully saturated rings. The van der Waals surface area contributed by atoms with Gasteiger partial charge in [-0.2, -0.15) is 0 Å². The molecule has 2 aromatic rings. The van der Waals surface area contributed by atoms with Crippen LogP contribution in [-0.2, 0) is 17.8 Å². The van der Waals surface area contributed by atoms with Gasteiger partial charge in [0.1, 0.15) is 0 Å². The van der Waals surface area contributed by atoms with Crippen molar-refractivity contribution in [3.63, 3.8) is 0 Å². The van der Waals surface area contributed by atoms with Crippen molar-refractivity contribution in [1.29, 1.82) is 0 Å². The highest BCUT2D eigenvalue weighted by molar-refractivity contribution is 6.36. The average Bonchev–Trinajstić information content (AvgIpc) is 3.32. The number of fused-ring (bicyclic) bond motifs is 1. The molecule has 1 aromatic carbocycles. The number of benzene rings is 1. The number of carbonyl (C=O) groups is 2. The van der Waals surface area contributed by atoms with Crippen LogP contribution in [0, 0.1) is 6.92 Å². The van der Waals surface area contributed by atoms with Gasteiger partial charge in [-0.3, -0.25) is 9.78 Å². The zero-order chi connectivity index (χ0) is 22.3. The molecular weight excluding hydrogens is 439 g/mol. The second kappa shape index (κ2) is 8.65. The van der Waals surface area contributed by atoms with Gasteiger partial charge in [0, 0.05) is 46.5 Å². The summed E-state index contributed by atoms with van der Waals surface area (Å²) in [5, 5.41) is 0.971. The Morgan fingerprint density at radius 2 is 2.10 bits per heavy atom. The fourth-order valence-electron chi connectivity index (χ4n) is 4.43. The molecule has 164 valence electrons. The standard InChI is InChI=1S/C22H24Cl2N4O3/c1-3-31-22(30)27-7-6-14(10-27)28-11-18-20(21(28)29)19(16(9-25)12(2)26-18)15-5-4-13(23)8-17(15)24/h4-5,8,14H,3,6-7,9-11,25H2,1-2H3/t14-/m0/s1. The zero-order valence-electron chi connectivity index (χ0n) is 17.5. The van der Waals surface area contributed by atoms with Gasteiger partial charge in [0.25, 0.3) is 5.91 Å². The molecule has 1 saturated heterocycles. The summed E-state index contributed by atoms with van der Waals surface area (Å²) in [5.41, 5.74) is 10.3. The van der Waals surface area contributed by atoms with E-state index >= 15 is 0 Å². The Balaban J connectivity index is 1.72. The van der Waals surface area contributed by atoms with Crippen molar-refractivity contribution in [2.75, 3.05) is 19.7 Å². The van der Waals surface area contributed by atoms with Crippen LogP contribution in [0.5, 0.6) is 0 Å². The molecule has 3 heterocycles. The molecule has 2 aliphatic rings. The van der Waals surface area contributed by atoms with E-state index in [2.05, 4.69) is 0 Å². The fourth-order valence-corrected chi connectivity index (χ4v) is 4.94. The summed E-state index contributed by atoms with van der Waals surface area (Å²) in [6.45, 7) is 5.61. The second-order valence-electron chi connectivity index (χ2n) is 7.72. The van der Waals surface area contributed by atoms with E-state index < -0.39 is 0 Å². The van der Waals surface area contributed by atoms with Crippen LogP contribution in [0.1, 0.15) is 40.7 Å². The molecule has 0 saturated carbocycles. The van der Waals surface area contributed by atoms with Gasteiger partial charge < -0.3 is 20.3 Å². The van der Waals surface area contributed by atoms with E-state index in [0.717, 1.165) is 16.8 Å². The van der Waals surface area contributed by atoms with Gasteiger partial charge in [-0.15, -0.1) is 0 Å². The Hall–Kier alpha value is -2.35. The monoisotopic (exact) mass is 462 g/mol. The van der Waals surface area contributed by atoms with Gasteiger partial charge in [-0.05, 0) is 38.0 Å². The van der Waals surface area contributed by atoms with Crippen molar-refractivity contribution in [3.8, 4) is 11.1 Å². The Labute approximate surface area is 191 Å². The van der Waals surface area contributed by atoms with Crippen LogP contribution < -0.4 is 5.73 Å². The van der Waals surface area contributed by atoms with E-state index in [1.807, 2.05) is 13.0 Å². The number of aromatic nitrogens is 1. The maximum absolute atomic E-state index is 13.6. The molecule has 2 N–H and O–H groups in total. The van der Waals surface area contributed by atoms with Crippen molar-refractivity contribution in [2.24, 2.45) is 5.73 Å². The largest absolute Gasteiger partial charge is 0.450 e. The number of rotatable bonds is 4. The predicted octanol–water partition coefficient (Wildman–Crippen LogP) is 4.01. The maximum Gasteiger partial charge on any atom is 0.409 e. The summed E-state index contributed by atoms with van der Waals surface area (Å²) in [7, 11) is 0. The minimum atomic E-state index is -0.345.